The number of benzene rings is 10. The largest absolute Gasteiger partial charge is 0.530 e. The van der Waals surface area contributed by atoms with Gasteiger partial charge < -0.3 is 31.9 Å². The molecule has 0 saturated carbocycles. The van der Waals surface area contributed by atoms with Crippen LogP contribution in [0.3, 0.4) is 0 Å². The maximum atomic E-state index is 10.8. The summed E-state index contributed by atoms with van der Waals surface area (Å²) in [5.74, 6) is 2.34. The van der Waals surface area contributed by atoms with Crippen molar-refractivity contribution >= 4 is 71.7 Å². The molecule has 13 heteroatoms. The van der Waals surface area contributed by atoms with E-state index in [1.54, 1.807) is 24.3 Å². The normalized spacial score (nSPS) is 12.0. The van der Waals surface area contributed by atoms with Gasteiger partial charge in [0.2, 0.25) is 11.4 Å². The first-order valence-corrected chi connectivity index (χ1v) is 30.9. The molecule has 0 amide bonds. The lowest BCUT2D eigenvalue weighted by Gasteiger charge is -2.35. The van der Waals surface area contributed by atoms with Crippen molar-refractivity contribution in [3.05, 3.63) is 220 Å². The van der Waals surface area contributed by atoms with Crippen molar-refractivity contribution in [3.63, 3.8) is 0 Å². The minimum Gasteiger partial charge on any atom is -0.488 e. The zero-order valence-electron chi connectivity index (χ0n) is 51.6. The molecule has 0 aromatic heterocycles. The molecular weight excluding hydrogens is 1120 g/mol. The van der Waals surface area contributed by atoms with Crippen molar-refractivity contribution < 1.29 is 31.9 Å². The fourth-order valence-corrected chi connectivity index (χ4v) is 13.1. The molecule has 11 nitrogen and oxygen atoms in total. The number of fused-ring (bicyclic) bond motifs is 4. The van der Waals surface area contributed by atoms with Gasteiger partial charge in [-0.1, -0.05) is 202 Å². The van der Waals surface area contributed by atoms with E-state index in [0.717, 1.165) is 43.8 Å². The highest BCUT2D eigenvalue weighted by atomic mass is 31.2. The Labute approximate surface area is 513 Å². The Hall–Kier alpha value is -9.34. The van der Waals surface area contributed by atoms with Crippen molar-refractivity contribution in [2.45, 2.75) is 119 Å². The second kappa shape index (κ2) is 23.8. The molecule has 0 N–H and O–H groups in total. The molecule has 0 aliphatic carbocycles. The second-order valence-corrected chi connectivity index (χ2v) is 27.5. The quantitative estimate of drug-likeness (QED) is 0.0774. The third-order valence-corrected chi connectivity index (χ3v) is 17.1. The molecule has 0 atom stereocenters. The molecule has 10 aromatic carbocycles. The number of rotatable bonds is 14. The summed E-state index contributed by atoms with van der Waals surface area (Å²) in [5, 5.41) is 27.7. The zero-order chi connectivity index (χ0) is 62.3. The second-order valence-electron chi connectivity index (χ2n) is 25.6. The molecule has 0 saturated heterocycles. The van der Waals surface area contributed by atoms with Crippen molar-refractivity contribution in [1.29, 1.82) is 10.5 Å². The van der Waals surface area contributed by atoms with E-state index in [4.69, 9.17) is 45.0 Å². The first kappa shape index (κ1) is 60.8. The van der Waals surface area contributed by atoms with Gasteiger partial charge in [-0.05, 0) is 102 Å². The fraction of sp³-hybridized carbons (Fsp3) is 0.243. The molecule has 0 heterocycles. The fourth-order valence-electron chi connectivity index (χ4n) is 10.9. The SMILES string of the molecule is [C-]#[N+]c1ccc2ccccc2c1OP(Oc1c(C(C)(C)C)cc(OC(C)(C)C)c(C)c1-c1c(C)c(C(C)(C)C)cc(C(C)(C)C)c1OP(Oc1c(C#N)ccc2ccccc12)Oc1c(C#N)ccc2ccccc12)Oc1c([N+]#[C-])ccc2ccccc12. The highest BCUT2D eigenvalue weighted by Gasteiger charge is 2.40. The molecule has 0 radical (unpaired) electrons. The van der Waals surface area contributed by atoms with Crippen LogP contribution in [-0.4, -0.2) is 5.60 Å². The van der Waals surface area contributed by atoms with Crippen LogP contribution in [0, 0.1) is 49.7 Å². The van der Waals surface area contributed by atoms with E-state index in [0.29, 0.717) is 55.5 Å². The van der Waals surface area contributed by atoms with Gasteiger partial charge in [0.15, 0.2) is 11.5 Å². The number of nitriles is 2. The number of hydrogen-bond donors (Lipinski definition) is 0. The Morgan fingerprint density at radius 3 is 1.06 bits per heavy atom. The molecule has 0 spiro atoms. The molecule has 0 unspecified atom stereocenters. The van der Waals surface area contributed by atoms with Crippen LogP contribution < -0.4 is 31.9 Å². The van der Waals surface area contributed by atoms with Gasteiger partial charge in [0.1, 0.15) is 46.5 Å². The third-order valence-electron chi connectivity index (χ3n) is 15.1. The highest BCUT2D eigenvalue weighted by Crippen LogP contribution is 2.60. The third kappa shape index (κ3) is 12.4. The Morgan fingerprint density at radius 1 is 0.379 bits per heavy atom. The smallest absolute Gasteiger partial charge is 0.488 e. The predicted octanol–water partition coefficient (Wildman–Crippen LogP) is 22.0. The molecule has 0 aliphatic heterocycles. The molecular formula is C74H68N4O7P2. The van der Waals surface area contributed by atoms with Crippen LogP contribution >= 0.6 is 17.2 Å². The molecule has 10 aromatic rings. The van der Waals surface area contributed by atoms with Gasteiger partial charge in [-0.3, -0.25) is 0 Å². The van der Waals surface area contributed by atoms with E-state index < -0.39 is 39.1 Å². The minimum atomic E-state index is -2.68. The summed E-state index contributed by atoms with van der Waals surface area (Å²) in [6.07, 6.45) is 0. The average Bonchev–Trinajstić information content (AvgIpc) is 0.828. The van der Waals surface area contributed by atoms with Gasteiger partial charge >= 0.3 is 17.2 Å². The Morgan fingerprint density at radius 2 is 0.701 bits per heavy atom. The maximum absolute atomic E-state index is 10.8. The summed E-state index contributed by atoms with van der Waals surface area (Å²) in [6, 6.07) is 54.1. The summed E-state index contributed by atoms with van der Waals surface area (Å²) in [7, 11) is -5.37. The van der Waals surface area contributed by atoms with Crippen LogP contribution in [-0.2, 0) is 16.2 Å². The summed E-state index contributed by atoms with van der Waals surface area (Å²) >= 11 is 0. The predicted molar refractivity (Wildman–Crippen MR) is 353 cm³/mol. The standard InChI is InChI=1S/C74H68N4O7P2/c1-45-57(71(3,4)5)41-58(72(6,7)8)69(84-86(80-65-51(43-75)35-33-47-25-17-21-29-53(47)65)81-66-52(44-76)36-34-48-26-18-22-30-54(48)66)63(45)64-46(2)62(79-74(12,13)14)42-59(73(9,10)11)70(64)85-87(82-67-55-31-23-19-27-49(55)37-39-60(67)77-15)83-68-56-32-24-20-28-50(56)38-40-61(68)78-16/h17-42H,1-14H3. The lowest BCUT2D eigenvalue weighted by atomic mass is 9.74. The lowest BCUT2D eigenvalue weighted by molar-refractivity contribution is 0.129. The Balaban J connectivity index is 1.33. The number of ether oxygens (including phenoxy) is 1. The van der Waals surface area contributed by atoms with Crippen molar-refractivity contribution in [2.75, 3.05) is 0 Å². The van der Waals surface area contributed by atoms with E-state index in [1.165, 1.54) is 0 Å². The van der Waals surface area contributed by atoms with Crippen LogP contribution in [0.4, 0.5) is 11.4 Å². The molecule has 436 valence electrons. The lowest BCUT2D eigenvalue weighted by Crippen LogP contribution is -2.25. The van der Waals surface area contributed by atoms with Crippen molar-refractivity contribution in [1.82, 2.24) is 0 Å². The van der Waals surface area contributed by atoms with E-state index in [9.17, 15) is 10.5 Å². The minimum absolute atomic E-state index is 0.238. The molecule has 87 heavy (non-hydrogen) atoms. The molecule has 0 fully saturated rings. The van der Waals surface area contributed by atoms with E-state index in [1.807, 2.05) is 155 Å². The monoisotopic (exact) mass is 1190 g/mol. The Bertz CT molecular complexity index is 4340. The number of hydrogen-bond acceptors (Lipinski definition) is 9. The summed E-state index contributed by atoms with van der Waals surface area (Å²) in [4.78, 5) is 7.94. The van der Waals surface area contributed by atoms with E-state index in [2.05, 4.69) is 97.1 Å². The van der Waals surface area contributed by atoms with Gasteiger partial charge in [-0.15, -0.1) is 0 Å². The van der Waals surface area contributed by atoms with Crippen LogP contribution in [0.15, 0.2) is 158 Å². The van der Waals surface area contributed by atoms with Gasteiger partial charge in [0.05, 0.1) is 24.3 Å². The summed E-state index contributed by atoms with van der Waals surface area (Å²) in [6.45, 7) is 46.3. The zero-order valence-corrected chi connectivity index (χ0v) is 53.3. The summed E-state index contributed by atoms with van der Waals surface area (Å²) in [5.41, 5.74) is 3.75. The van der Waals surface area contributed by atoms with Crippen molar-refractivity contribution in [3.8, 4) is 63.5 Å². The van der Waals surface area contributed by atoms with Crippen molar-refractivity contribution in [2.24, 2.45) is 0 Å². The maximum Gasteiger partial charge on any atom is 0.530 e. The van der Waals surface area contributed by atoms with Gasteiger partial charge in [-0.2, -0.15) is 10.5 Å². The Kier molecular flexibility index (Phi) is 16.7. The molecule has 10 rings (SSSR count). The van der Waals surface area contributed by atoms with E-state index >= 15 is 0 Å². The van der Waals surface area contributed by atoms with Crippen LogP contribution in [0.25, 0.3) is 63.9 Å². The van der Waals surface area contributed by atoms with Crippen LogP contribution in [0.2, 0.25) is 0 Å². The van der Waals surface area contributed by atoms with Gasteiger partial charge in [-0.25, -0.2) is 9.69 Å². The molecule has 0 bridgehead atoms. The first-order valence-electron chi connectivity index (χ1n) is 28.7. The summed E-state index contributed by atoms with van der Waals surface area (Å²) < 4.78 is 51.3. The average molecular weight is 1190 g/mol. The van der Waals surface area contributed by atoms with Gasteiger partial charge in [0.25, 0.3) is 0 Å². The first-order chi connectivity index (χ1) is 41.3. The van der Waals surface area contributed by atoms with E-state index in [-0.39, 0.29) is 45.5 Å². The number of nitrogens with zero attached hydrogens (tertiary/aromatic N) is 4. The molecule has 0 aliphatic rings. The van der Waals surface area contributed by atoms with Gasteiger partial charge in [0, 0.05) is 49.4 Å². The highest BCUT2D eigenvalue weighted by molar-refractivity contribution is 7.43. The van der Waals surface area contributed by atoms with Crippen LogP contribution in [0.5, 0.6) is 40.2 Å². The van der Waals surface area contributed by atoms with Crippen LogP contribution in [0.1, 0.15) is 122 Å². The topological polar surface area (TPSA) is 121 Å².